The number of hydrogen-bond donors (Lipinski definition) is 0. The van der Waals surface area contributed by atoms with Crippen molar-refractivity contribution in [3.63, 3.8) is 0 Å². The Bertz CT molecular complexity index is 1110. The van der Waals surface area contributed by atoms with Crippen LogP contribution in [0.25, 0.3) is 22.5 Å². The van der Waals surface area contributed by atoms with Crippen LogP contribution in [0, 0.1) is 0 Å². The maximum Gasteiger partial charge on any atom is 0.200 e. The van der Waals surface area contributed by atoms with E-state index in [0.29, 0.717) is 11.7 Å². The average Bonchev–Trinajstić information content (AvgIpc) is 3.10. The average molecular weight is 451 g/mol. The minimum atomic E-state index is -1.21. The number of aromatic nitrogens is 2. The molecule has 140 valence electrons. The summed E-state index contributed by atoms with van der Waals surface area (Å²) < 4.78 is 15.7. The molecule has 0 fully saturated rings. The van der Waals surface area contributed by atoms with Crippen LogP contribution in [-0.2, 0) is 17.3 Å². The van der Waals surface area contributed by atoms with Gasteiger partial charge in [-0.05, 0) is 17.7 Å². The van der Waals surface area contributed by atoms with Gasteiger partial charge in [-0.2, -0.15) is 0 Å². The molecule has 4 rings (SSSR count). The molecule has 1 heterocycles. The van der Waals surface area contributed by atoms with Gasteiger partial charge in [-0.15, -0.1) is 0 Å². The third-order valence-electron chi connectivity index (χ3n) is 4.54. The van der Waals surface area contributed by atoms with Crippen molar-refractivity contribution in [2.75, 3.05) is 6.26 Å². The standard InChI is InChI=1S/C23H19BrN2OS/c1-28(27)23-25-21(18-8-4-2-5-9-18)22(19-10-6-3-7-11-19)26(23)16-17-12-14-20(24)15-13-17/h2-15H,16H2,1H3. The van der Waals surface area contributed by atoms with Gasteiger partial charge in [0.25, 0.3) is 0 Å². The zero-order valence-corrected chi connectivity index (χ0v) is 17.8. The highest BCUT2D eigenvalue weighted by molar-refractivity contribution is 9.10. The lowest BCUT2D eigenvalue weighted by atomic mass is 10.0. The minimum Gasteiger partial charge on any atom is -0.312 e. The quantitative estimate of drug-likeness (QED) is 0.387. The van der Waals surface area contributed by atoms with Crippen molar-refractivity contribution in [2.24, 2.45) is 0 Å². The first kappa shape index (κ1) is 18.8. The topological polar surface area (TPSA) is 34.9 Å². The molecule has 0 spiro atoms. The van der Waals surface area contributed by atoms with E-state index in [-0.39, 0.29) is 0 Å². The van der Waals surface area contributed by atoms with Crippen molar-refractivity contribution in [3.05, 3.63) is 95.0 Å². The molecule has 28 heavy (non-hydrogen) atoms. The van der Waals surface area contributed by atoms with Crippen LogP contribution in [0.2, 0.25) is 0 Å². The second-order valence-electron chi connectivity index (χ2n) is 6.49. The van der Waals surface area contributed by atoms with Crippen molar-refractivity contribution >= 4 is 26.7 Å². The van der Waals surface area contributed by atoms with E-state index in [1.165, 1.54) is 0 Å². The van der Waals surface area contributed by atoms with Crippen LogP contribution in [0.5, 0.6) is 0 Å². The summed E-state index contributed by atoms with van der Waals surface area (Å²) in [6.07, 6.45) is 1.68. The molecule has 1 unspecified atom stereocenters. The summed E-state index contributed by atoms with van der Waals surface area (Å²) in [6, 6.07) is 28.4. The first-order valence-corrected chi connectivity index (χ1v) is 11.3. The summed E-state index contributed by atoms with van der Waals surface area (Å²) in [6.45, 7) is 0.603. The molecule has 0 aliphatic carbocycles. The summed E-state index contributed by atoms with van der Waals surface area (Å²) in [5.74, 6) is 0. The molecule has 0 amide bonds. The van der Waals surface area contributed by atoms with Gasteiger partial charge < -0.3 is 4.57 Å². The molecule has 0 aliphatic heterocycles. The molecule has 0 bridgehead atoms. The molecule has 3 aromatic carbocycles. The van der Waals surface area contributed by atoms with Crippen LogP contribution in [0.4, 0.5) is 0 Å². The van der Waals surface area contributed by atoms with Crippen LogP contribution >= 0.6 is 15.9 Å². The van der Waals surface area contributed by atoms with E-state index in [1.807, 2.05) is 60.7 Å². The number of rotatable bonds is 5. The lowest BCUT2D eigenvalue weighted by molar-refractivity contribution is 0.656. The largest absolute Gasteiger partial charge is 0.312 e. The molecule has 1 atom stereocenters. The van der Waals surface area contributed by atoms with E-state index in [0.717, 1.165) is 32.6 Å². The maximum atomic E-state index is 12.6. The molecule has 3 nitrogen and oxygen atoms in total. The Balaban J connectivity index is 1.95. The highest BCUT2D eigenvalue weighted by atomic mass is 79.9. The number of nitrogens with zero attached hydrogens (tertiary/aromatic N) is 2. The van der Waals surface area contributed by atoms with Gasteiger partial charge in [-0.1, -0.05) is 88.7 Å². The normalized spacial score (nSPS) is 12.1. The first-order chi connectivity index (χ1) is 13.6. The number of halogens is 1. The smallest absolute Gasteiger partial charge is 0.200 e. The molecule has 5 heteroatoms. The molecule has 0 aliphatic rings. The van der Waals surface area contributed by atoms with Crippen LogP contribution in [0.15, 0.2) is 94.6 Å². The summed E-state index contributed by atoms with van der Waals surface area (Å²) >= 11 is 3.49. The Morgan fingerprint density at radius 3 is 2.00 bits per heavy atom. The fraction of sp³-hybridized carbons (Fsp3) is 0.0870. The fourth-order valence-corrected chi connectivity index (χ4v) is 4.21. The Morgan fingerprint density at radius 1 is 0.857 bits per heavy atom. The number of benzene rings is 3. The lowest BCUT2D eigenvalue weighted by Crippen LogP contribution is -2.08. The number of imidazole rings is 1. The van der Waals surface area contributed by atoms with Crippen molar-refractivity contribution < 1.29 is 4.21 Å². The minimum absolute atomic E-state index is 0.584. The maximum absolute atomic E-state index is 12.6. The second-order valence-corrected chi connectivity index (χ2v) is 8.68. The van der Waals surface area contributed by atoms with Crippen LogP contribution < -0.4 is 0 Å². The van der Waals surface area contributed by atoms with Gasteiger partial charge in [-0.25, -0.2) is 4.98 Å². The third-order valence-corrected chi connectivity index (χ3v) is 5.89. The molecule has 0 saturated heterocycles. The van der Waals surface area contributed by atoms with Gasteiger partial charge in [0.15, 0.2) is 5.16 Å². The number of hydrogen-bond acceptors (Lipinski definition) is 2. The van der Waals surface area contributed by atoms with Gasteiger partial charge in [0.2, 0.25) is 0 Å². The van der Waals surface area contributed by atoms with Crippen molar-refractivity contribution in [1.29, 1.82) is 0 Å². The zero-order valence-electron chi connectivity index (χ0n) is 15.4. The Hall–Kier alpha value is -2.50. The van der Waals surface area contributed by atoms with Gasteiger partial charge in [0.1, 0.15) is 0 Å². The molecule has 0 saturated carbocycles. The van der Waals surface area contributed by atoms with E-state index < -0.39 is 10.8 Å². The fourth-order valence-electron chi connectivity index (χ4n) is 3.26. The van der Waals surface area contributed by atoms with Gasteiger partial charge in [0.05, 0.1) is 28.7 Å². The van der Waals surface area contributed by atoms with E-state index in [2.05, 4.69) is 44.8 Å². The van der Waals surface area contributed by atoms with Gasteiger partial charge in [-0.3, -0.25) is 4.21 Å². The summed E-state index contributed by atoms with van der Waals surface area (Å²) in [7, 11) is -1.21. The monoisotopic (exact) mass is 450 g/mol. The van der Waals surface area contributed by atoms with Crippen molar-refractivity contribution in [1.82, 2.24) is 9.55 Å². The Morgan fingerprint density at radius 2 is 1.43 bits per heavy atom. The molecule has 4 aromatic rings. The van der Waals surface area contributed by atoms with Gasteiger partial charge >= 0.3 is 0 Å². The van der Waals surface area contributed by atoms with Gasteiger partial charge in [0, 0.05) is 21.9 Å². The van der Waals surface area contributed by atoms with Crippen LogP contribution in [0.1, 0.15) is 5.56 Å². The summed E-state index contributed by atoms with van der Waals surface area (Å²) in [5.41, 5.74) is 5.04. The predicted octanol–water partition coefficient (Wildman–Crippen LogP) is 5.77. The summed E-state index contributed by atoms with van der Waals surface area (Å²) in [4.78, 5) is 4.82. The Labute approximate surface area is 175 Å². The van der Waals surface area contributed by atoms with E-state index >= 15 is 0 Å². The Kier molecular flexibility index (Phi) is 5.55. The van der Waals surface area contributed by atoms with E-state index in [9.17, 15) is 4.21 Å². The lowest BCUT2D eigenvalue weighted by Gasteiger charge is -2.13. The molecular weight excluding hydrogens is 432 g/mol. The molecule has 1 aromatic heterocycles. The molecule has 0 N–H and O–H groups in total. The van der Waals surface area contributed by atoms with Crippen LogP contribution in [-0.4, -0.2) is 20.0 Å². The highest BCUT2D eigenvalue weighted by Gasteiger charge is 2.22. The van der Waals surface area contributed by atoms with Crippen LogP contribution in [0.3, 0.4) is 0 Å². The summed E-state index contributed by atoms with van der Waals surface area (Å²) in [5, 5.41) is 0.584. The second kappa shape index (κ2) is 8.25. The van der Waals surface area contributed by atoms with Crippen molar-refractivity contribution in [3.8, 4) is 22.5 Å². The van der Waals surface area contributed by atoms with E-state index in [1.54, 1.807) is 6.26 Å². The zero-order chi connectivity index (χ0) is 19.5. The van der Waals surface area contributed by atoms with Crippen molar-refractivity contribution in [2.45, 2.75) is 11.7 Å². The SMILES string of the molecule is CS(=O)c1nc(-c2ccccc2)c(-c2ccccc2)n1Cc1ccc(Br)cc1. The third kappa shape index (κ3) is 3.86. The highest BCUT2D eigenvalue weighted by Crippen LogP contribution is 2.34. The molecule has 0 radical (unpaired) electrons. The van der Waals surface area contributed by atoms with E-state index in [4.69, 9.17) is 4.98 Å². The predicted molar refractivity (Wildman–Crippen MR) is 119 cm³/mol. The molecular formula is C23H19BrN2OS. The first-order valence-electron chi connectivity index (χ1n) is 8.92.